The zero-order chi connectivity index (χ0) is 22.0. The highest BCUT2D eigenvalue weighted by molar-refractivity contribution is 8.26. The van der Waals surface area contributed by atoms with Gasteiger partial charge in [-0.3, -0.25) is 23.9 Å². The van der Waals surface area contributed by atoms with Crippen LogP contribution in [0.2, 0.25) is 0 Å². The molecule has 158 valence electrons. The lowest BCUT2D eigenvalue weighted by Crippen LogP contribution is -2.36. The van der Waals surface area contributed by atoms with E-state index in [0.717, 1.165) is 44.1 Å². The maximum Gasteiger partial charge on any atom is 0.305 e. The van der Waals surface area contributed by atoms with Crippen molar-refractivity contribution in [3.05, 3.63) is 31.9 Å². The van der Waals surface area contributed by atoms with Crippen molar-refractivity contribution in [2.45, 2.75) is 32.6 Å². The van der Waals surface area contributed by atoms with Gasteiger partial charge >= 0.3 is 5.97 Å². The van der Waals surface area contributed by atoms with Gasteiger partial charge in [0, 0.05) is 32.2 Å². The predicted octanol–water partition coefficient (Wildman–Crippen LogP) is 2.23. The molecular weight excluding hydrogens is 424 g/mol. The van der Waals surface area contributed by atoms with Gasteiger partial charge in [-0.1, -0.05) is 24.0 Å². The smallest absolute Gasteiger partial charge is 0.305 e. The van der Waals surface area contributed by atoms with Crippen molar-refractivity contribution in [2.24, 2.45) is 7.05 Å². The molecule has 1 aromatic heterocycles. The van der Waals surface area contributed by atoms with Crippen LogP contribution in [0.3, 0.4) is 0 Å². The molecule has 0 radical (unpaired) electrons. The number of amides is 1. The molecule has 0 unspecified atom stereocenters. The molecule has 2 aliphatic rings. The van der Waals surface area contributed by atoms with E-state index in [2.05, 4.69) is 4.90 Å². The maximum absolute atomic E-state index is 12.8. The number of hydrogen-bond donors (Lipinski definition) is 1. The van der Waals surface area contributed by atoms with Crippen molar-refractivity contribution in [2.75, 3.05) is 24.5 Å². The Labute approximate surface area is 183 Å². The number of pyridine rings is 1. The van der Waals surface area contributed by atoms with Crippen molar-refractivity contribution in [3.63, 3.8) is 0 Å². The fourth-order valence-corrected chi connectivity index (χ4v) is 5.02. The molecule has 0 saturated carbocycles. The molecule has 0 spiro atoms. The quantitative estimate of drug-likeness (QED) is 0.542. The Morgan fingerprint density at radius 3 is 2.57 bits per heavy atom. The third kappa shape index (κ3) is 4.13. The number of hydrogen-bond acceptors (Lipinski definition) is 7. The lowest BCUT2D eigenvalue weighted by Gasteiger charge is -2.32. The maximum atomic E-state index is 12.8. The number of piperidine rings is 1. The summed E-state index contributed by atoms with van der Waals surface area (Å²) >= 11 is 6.37. The minimum atomic E-state index is -1.01. The van der Waals surface area contributed by atoms with E-state index in [1.54, 1.807) is 20.0 Å². The molecule has 0 aliphatic carbocycles. The first kappa shape index (κ1) is 22.1. The molecule has 2 fully saturated rings. The van der Waals surface area contributed by atoms with E-state index in [0.29, 0.717) is 26.2 Å². The van der Waals surface area contributed by atoms with Crippen molar-refractivity contribution in [3.8, 4) is 6.07 Å². The number of nitrogens with zero attached hydrogens (tertiary/aromatic N) is 4. The summed E-state index contributed by atoms with van der Waals surface area (Å²) in [7, 11) is 1.64. The highest BCUT2D eigenvalue weighted by Crippen LogP contribution is 2.36. The minimum Gasteiger partial charge on any atom is -0.481 e. The molecule has 30 heavy (non-hydrogen) atoms. The molecule has 3 heterocycles. The van der Waals surface area contributed by atoms with Gasteiger partial charge in [-0.15, -0.1) is 0 Å². The van der Waals surface area contributed by atoms with E-state index in [1.807, 2.05) is 6.07 Å². The number of thioether (sulfide) groups is 1. The number of carbonyl (C=O) groups excluding carboxylic acids is 1. The largest absolute Gasteiger partial charge is 0.481 e. The minimum absolute atomic E-state index is 0.00598. The summed E-state index contributed by atoms with van der Waals surface area (Å²) in [6, 6.07) is 1.99. The Bertz CT molecular complexity index is 1050. The average Bonchev–Trinajstić information content (AvgIpc) is 2.98. The summed E-state index contributed by atoms with van der Waals surface area (Å²) in [4.78, 5) is 40.2. The van der Waals surface area contributed by atoms with Gasteiger partial charge in [0.1, 0.15) is 21.8 Å². The molecule has 0 atom stereocenters. The van der Waals surface area contributed by atoms with Gasteiger partial charge in [0.05, 0.1) is 11.3 Å². The number of aliphatic carboxylic acids is 1. The van der Waals surface area contributed by atoms with Crippen LogP contribution in [0.1, 0.15) is 42.4 Å². The van der Waals surface area contributed by atoms with E-state index >= 15 is 0 Å². The Balaban J connectivity index is 2.11. The summed E-state index contributed by atoms with van der Waals surface area (Å²) in [5.41, 5.74) is 0.860. The summed E-state index contributed by atoms with van der Waals surface area (Å²) in [5.74, 6) is -0.678. The third-order valence-electron chi connectivity index (χ3n) is 5.32. The lowest BCUT2D eigenvalue weighted by molar-refractivity contribution is -0.137. The number of nitriles is 1. The van der Waals surface area contributed by atoms with Crippen molar-refractivity contribution in [1.82, 2.24) is 9.47 Å². The van der Waals surface area contributed by atoms with Crippen molar-refractivity contribution >= 4 is 52.1 Å². The third-order valence-corrected chi connectivity index (χ3v) is 6.70. The summed E-state index contributed by atoms with van der Waals surface area (Å²) in [6.45, 7) is 3.30. The Morgan fingerprint density at radius 1 is 1.30 bits per heavy atom. The molecule has 1 aromatic rings. The first-order valence-corrected chi connectivity index (χ1v) is 10.8. The van der Waals surface area contributed by atoms with Gasteiger partial charge in [-0.25, -0.2) is 0 Å². The van der Waals surface area contributed by atoms with Gasteiger partial charge in [0.2, 0.25) is 0 Å². The van der Waals surface area contributed by atoms with Gasteiger partial charge in [-0.2, -0.15) is 5.26 Å². The van der Waals surface area contributed by atoms with Crippen LogP contribution in [0, 0.1) is 18.3 Å². The summed E-state index contributed by atoms with van der Waals surface area (Å²) in [5, 5.41) is 18.4. The second kappa shape index (κ2) is 9.02. The highest BCUT2D eigenvalue weighted by atomic mass is 32.2. The SMILES string of the molecule is Cc1c(/C=C2\SC(=S)N(CCC(=O)O)C2=O)c(N2CCCCC2)n(C)c(=O)c1C#N. The van der Waals surface area contributed by atoms with E-state index in [1.165, 1.54) is 9.47 Å². The molecule has 8 nitrogen and oxygen atoms in total. The average molecular weight is 447 g/mol. The highest BCUT2D eigenvalue weighted by Gasteiger charge is 2.33. The van der Waals surface area contributed by atoms with Gasteiger partial charge < -0.3 is 10.0 Å². The molecule has 10 heteroatoms. The van der Waals surface area contributed by atoms with Crippen LogP contribution >= 0.6 is 24.0 Å². The monoisotopic (exact) mass is 446 g/mol. The van der Waals surface area contributed by atoms with E-state index < -0.39 is 5.97 Å². The second-order valence-corrected chi connectivity index (χ2v) is 8.91. The van der Waals surface area contributed by atoms with Crippen LogP contribution < -0.4 is 10.5 Å². The van der Waals surface area contributed by atoms with Crippen LogP contribution in [0.15, 0.2) is 9.70 Å². The normalized spacial score (nSPS) is 18.2. The lowest BCUT2D eigenvalue weighted by atomic mass is 10.0. The van der Waals surface area contributed by atoms with Crippen LogP contribution in [0.25, 0.3) is 6.08 Å². The van der Waals surface area contributed by atoms with Gasteiger partial charge in [0.25, 0.3) is 11.5 Å². The Kier molecular flexibility index (Phi) is 6.63. The van der Waals surface area contributed by atoms with Crippen molar-refractivity contribution in [1.29, 1.82) is 5.26 Å². The predicted molar refractivity (Wildman–Crippen MR) is 119 cm³/mol. The number of thiocarbonyl (C=S) groups is 1. The van der Waals surface area contributed by atoms with Gasteiger partial charge in [-0.05, 0) is 37.8 Å². The van der Waals surface area contributed by atoms with E-state index in [9.17, 15) is 19.6 Å². The Morgan fingerprint density at radius 2 is 1.97 bits per heavy atom. The fraction of sp³-hybridized carbons (Fsp3) is 0.450. The zero-order valence-corrected chi connectivity index (χ0v) is 18.4. The molecule has 0 bridgehead atoms. The number of rotatable bonds is 5. The molecule has 2 saturated heterocycles. The molecule has 1 N–H and O–H groups in total. The number of aromatic nitrogens is 1. The molecule has 1 amide bonds. The van der Waals surface area contributed by atoms with Crippen LogP contribution in [0.5, 0.6) is 0 Å². The summed E-state index contributed by atoms with van der Waals surface area (Å²) < 4.78 is 1.78. The number of carbonyl (C=O) groups is 2. The molecule has 0 aromatic carbocycles. The molecule has 3 rings (SSSR count). The first-order valence-electron chi connectivity index (χ1n) is 9.62. The summed E-state index contributed by atoms with van der Waals surface area (Å²) in [6.07, 6.45) is 4.61. The fourth-order valence-electron chi connectivity index (χ4n) is 3.73. The van der Waals surface area contributed by atoms with Crippen LogP contribution in [-0.2, 0) is 16.6 Å². The van der Waals surface area contributed by atoms with Gasteiger partial charge in [0.15, 0.2) is 0 Å². The zero-order valence-electron chi connectivity index (χ0n) is 16.8. The molecular formula is C20H22N4O4S2. The standard InChI is InChI=1S/C20H22N4O4S2/c1-12-13(10-15-19(28)24(20(29)30-15)9-6-16(25)26)17(23-7-4-3-5-8-23)22(2)18(27)14(12)11-21/h10H,3-9H2,1-2H3,(H,25,26)/b15-10-. The van der Waals surface area contributed by atoms with Crippen LogP contribution in [0.4, 0.5) is 5.82 Å². The van der Waals surface area contributed by atoms with E-state index in [4.69, 9.17) is 17.3 Å². The molecule has 2 aliphatic heterocycles. The van der Waals surface area contributed by atoms with E-state index in [-0.39, 0.29) is 30.0 Å². The number of anilines is 1. The number of carboxylic acid groups (broad SMARTS) is 1. The first-order chi connectivity index (χ1) is 14.3. The topological polar surface area (TPSA) is 107 Å². The second-order valence-electron chi connectivity index (χ2n) is 7.24. The number of carboxylic acids is 1. The Hall–Kier alpha value is -2.64. The van der Waals surface area contributed by atoms with Crippen LogP contribution in [-0.4, -0.2) is 50.4 Å². The van der Waals surface area contributed by atoms with Crippen molar-refractivity contribution < 1.29 is 14.7 Å².